The highest BCUT2D eigenvalue weighted by molar-refractivity contribution is 5.89. The average Bonchev–Trinajstić information content (AvgIpc) is 2.73. The Balaban J connectivity index is 2.34. The molecule has 2 aromatic rings. The monoisotopic (exact) mass is 246 g/mol. The Morgan fingerprint density at radius 3 is 2.56 bits per heavy atom. The predicted molar refractivity (Wildman–Crippen MR) is 66.9 cm³/mol. The number of carboxylic acid groups (broad SMARTS) is 1. The van der Waals surface area contributed by atoms with Gasteiger partial charge in [0.1, 0.15) is 11.4 Å². The molecule has 1 aromatic carbocycles. The van der Waals surface area contributed by atoms with Crippen molar-refractivity contribution < 1.29 is 14.6 Å². The summed E-state index contributed by atoms with van der Waals surface area (Å²) in [6.07, 6.45) is 0. The number of H-pyrrole nitrogens is 1. The lowest BCUT2D eigenvalue weighted by Gasteiger charge is -2.03. The van der Waals surface area contributed by atoms with E-state index in [1.807, 2.05) is 31.2 Å². The van der Waals surface area contributed by atoms with Gasteiger partial charge in [0.25, 0.3) is 0 Å². The average molecular weight is 246 g/mol. The van der Waals surface area contributed by atoms with Crippen LogP contribution in [0.4, 0.5) is 0 Å². The summed E-state index contributed by atoms with van der Waals surface area (Å²) < 4.78 is 5.35. The smallest absolute Gasteiger partial charge is 0.354 e. The first-order valence-corrected chi connectivity index (χ1v) is 5.65. The number of carboxylic acids is 1. The molecular weight excluding hydrogens is 232 g/mol. The van der Waals surface area contributed by atoms with Gasteiger partial charge < -0.3 is 9.84 Å². The Labute approximate surface area is 104 Å². The summed E-state index contributed by atoms with van der Waals surface area (Å²) in [5, 5.41) is 15.5. The van der Waals surface area contributed by atoms with Crippen LogP contribution < -0.4 is 4.74 Å². The largest absolute Gasteiger partial charge is 0.494 e. The molecule has 0 aliphatic rings. The number of carbonyl (C=O) groups is 1. The highest BCUT2D eigenvalue weighted by atomic mass is 16.5. The maximum Gasteiger partial charge on any atom is 0.354 e. The topological polar surface area (TPSA) is 75.2 Å². The summed E-state index contributed by atoms with van der Waals surface area (Å²) in [7, 11) is 0. The normalized spacial score (nSPS) is 10.3. The Morgan fingerprint density at radius 2 is 2.06 bits per heavy atom. The molecule has 0 unspecified atom stereocenters. The van der Waals surface area contributed by atoms with Crippen molar-refractivity contribution >= 4 is 5.97 Å². The molecule has 0 saturated heterocycles. The summed E-state index contributed by atoms with van der Waals surface area (Å²) in [6, 6.07) is 7.40. The first-order chi connectivity index (χ1) is 8.63. The van der Waals surface area contributed by atoms with Gasteiger partial charge in [-0.3, -0.25) is 5.10 Å². The number of hydrogen-bond donors (Lipinski definition) is 2. The summed E-state index contributed by atoms with van der Waals surface area (Å²) in [5.74, 6) is -0.218. The molecule has 0 aliphatic carbocycles. The number of aromatic amines is 1. The summed E-state index contributed by atoms with van der Waals surface area (Å²) in [4.78, 5) is 10.9. The number of aromatic nitrogens is 2. The van der Waals surface area contributed by atoms with Gasteiger partial charge in [-0.15, -0.1) is 0 Å². The zero-order valence-corrected chi connectivity index (χ0v) is 10.2. The third kappa shape index (κ3) is 2.20. The van der Waals surface area contributed by atoms with E-state index in [9.17, 15) is 4.79 Å². The van der Waals surface area contributed by atoms with Gasteiger partial charge >= 0.3 is 5.97 Å². The van der Waals surface area contributed by atoms with E-state index in [1.54, 1.807) is 6.92 Å². The molecular formula is C13H14N2O3. The van der Waals surface area contributed by atoms with Gasteiger partial charge in [-0.25, -0.2) is 4.79 Å². The van der Waals surface area contributed by atoms with E-state index in [4.69, 9.17) is 9.84 Å². The highest BCUT2D eigenvalue weighted by Gasteiger charge is 2.15. The molecule has 5 nitrogen and oxygen atoms in total. The minimum absolute atomic E-state index is 0.124. The molecule has 1 heterocycles. The second-order valence-corrected chi connectivity index (χ2v) is 3.83. The van der Waals surface area contributed by atoms with E-state index in [0.717, 1.165) is 11.3 Å². The number of nitrogens with zero attached hydrogens (tertiary/aromatic N) is 1. The van der Waals surface area contributed by atoms with Crippen LogP contribution in [0, 0.1) is 6.92 Å². The van der Waals surface area contributed by atoms with E-state index in [2.05, 4.69) is 10.2 Å². The fourth-order valence-corrected chi connectivity index (χ4v) is 1.76. The van der Waals surface area contributed by atoms with Crippen LogP contribution in [-0.4, -0.2) is 27.9 Å². The van der Waals surface area contributed by atoms with E-state index < -0.39 is 5.97 Å². The number of ether oxygens (including phenoxy) is 1. The second-order valence-electron chi connectivity index (χ2n) is 3.83. The summed E-state index contributed by atoms with van der Waals surface area (Å²) in [5.41, 5.74) is 2.26. The van der Waals surface area contributed by atoms with Crippen molar-refractivity contribution in [3.05, 3.63) is 35.5 Å². The van der Waals surface area contributed by atoms with E-state index in [-0.39, 0.29) is 5.69 Å². The van der Waals surface area contributed by atoms with Crippen molar-refractivity contribution in [1.82, 2.24) is 10.2 Å². The molecule has 94 valence electrons. The summed E-state index contributed by atoms with van der Waals surface area (Å²) >= 11 is 0. The minimum Gasteiger partial charge on any atom is -0.494 e. The molecule has 0 fully saturated rings. The van der Waals surface area contributed by atoms with Crippen LogP contribution in [0.3, 0.4) is 0 Å². The molecule has 0 atom stereocenters. The number of aromatic carboxylic acids is 1. The van der Waals surface area contributed by atoms with Crippen molar-refractivity contribution in [2.24, 2.45) is 0 Å². The number of rotatable bonds is 4. The van der Waals surface area contributed by atoms with Crippen molar-refractivity contribution in [3.63, 3.8) is 0 Å². The van der Waals surface area contributed by atoms with Crippen molar-refractivity contribution in [2.45, 2.75) is 13.8 Å². The molecule has 0 bridgehead atoms. The van der Waals surface area contributed by atoms with Gasteiger partial charge in [0, 0.05) is 11.1 Å². The predicted octanol–water partition coefficient (Wildman–Crippen LogP) is 2.48. The molecule has 18 heavy (non-hydrogen) atoms. The molecule has 5 heteroatoms. The van der Waals surface area contributed by atoms with Gasteiger partial charge in [0.05, 0.1) is 12.3 Å². The van der Waals surface area contributed by atoms with Gasteiger partial charge in [0.2, 0.25) is 0 Å². The van der Waals surface area contributed by atoms with Gasteiger partial charge in [-0.2, -0.15) is 5.10 Å². The molecule has 0 radical (unpaired) electrons. The van der Waals surface area contributed by atoms with Crippen LogP contribution in [0.5, 0.6) is 5.75 Å². The van der Waals surface area contributed by atoms with Gasteiger partial charge in [-0.05, 0) is 38.1 Å². The fraction of sp³-hybridized carbons (Fsp3) is 0.231. The number of benzene rings is 1. The van der Waals surface area contributed by atoms with E-state index in [1.165, 1.54) is 0 Å². The molecule has 0 saturated carbocycles. The third-order valence-electron chi connectivity index (χ3n) is 2.66. The van der Waals surface area contributed by atoms with Gasteiger partial charge in [-0.1, -0.05) is 0 Å². The molecule has 0 aliphatic heterocycles. The molecule has 0 amide bonds. The van der Waals surface area contributed by atoms with Crippen molar-refractivity contribution in [1.29, 1.82) is 0 Å². The zero-order chi connectivity index (χ0) is 13.1. The molecule has 2 rings (SSSR count). The van der Waals surface area contributed by atoms with Crippen LogP contribution >= 0.6 is 0 Å². The second kappa shape index (κ2) is 4.91. The minimum atomic E-state index is -1.00. The Kier molecular flexibility index (Phi) is 3.32. The number of nitrogens with one attached hydrogen (secondary N) is 1. The number of hydrogen-bond acceptors (Lipinski definition) is 3. The Hall–Kier alpha value is -2.30. The Bertz CT molecular complexity index is 558. The molecule has 2 N–H and O–H groups in total. The quantitative estimate of drug-likeness (QED) is 0.869. The van der Waals surface area contributed by atoms with Crippen molar-refractivity contribution in [2.75, 3.05) is 6.61 Å². The molecule has 0 spiro atoms. The lowest BCUT2D eigenvalue weighted by atomic mass is 10.1. The van der Waals surface area contributed by atoms with Crippen LogP contribution in [-0.2, 0) is 0 Å². The zero-order valence-electron chi connectivity index (χ0n) is 10.2. The first-order valence-electron chi connectivity index (χ1n) is 5.65. The van der Waals surface area contributed by atoms with Crippen LogP contribution in [0.25, 0.3) is 11.3 Å². The maximum atomic E-state index is 10.9. The molecule has 1 aromatic heterocycles. The summed E-state index contributed by atoms with van der Waals surface area (Å²) in [6.45, 7) is 4.27. The first kappa shape index (κ1) is 12.2. The van der Waals surface area contributed by atoms with E-state index >= 15 is 0 Å². The van der Waals surface area contributed by atoms with Gasteiger partial charge in [0.15, 0.2) is 0 Å². The maximum absolute atomic E-state index is 10.9. The standard InChI is InChI=1S/C13H14N2O3/c1-3-18-10-6-4-9(5-7-10)11-8(2)12(13(16)17)15-14-11/h4-7H,3H2,1-2H3,(H,14,15)(H,16,17). The lowest BCUT2D eigenvalue weighted by molar-refractivity contribution is 0.0689. The third-order valence-corrected chi connectivity index (χ3v) is 2.66. The van der Waals surface area contributed by atoms with E-state index in [0.29, 0.717) is 17.9 Å². The Morgan fingerprint density at radius 1 is 1.39 bits per heavy atom. The fourth-order valence-electron chi connectivity index (χ4n) is 1.76. The van der Waals surface area contributed by atoms with Crippen LogP contribution in [0.2, 0.25) is 0 Å². The highest BCUT2D eigenvalue weighted by Crippen LogP contribution is 2.25. The van der Waals surface area contributed by atoms with Crippen LogP contribution in [0.15, 0.2) is 24.3 Å². The SMILES string of the molecule is CCOc1ccc(-c2n[nH]c(C(=O)O)c2C)cc1. The van der Waals surface area contributed by atoms with Crippen LogP contribution in [0.1, 0.15) is 23.0 Å². The van der Waals surface area contributed by atoms with Crippen molar-refractivity contribution in [3.8, 4) is 17.0 Å². The lowest BCUT2D eigenvalue weighted by Crippen LogP contribution is -1.98.